The summed E-state index contributed by atoms with van der Waals surface area (Å²) in [4.78, 5) is 13.7. The number of benzene rings is 1. The summed E-state index contributed by atoms with van der Waals surface area (Å²) in [6.07, 6.45) is 1.99. The molecule has 1 atom stereocenters. The van der Waals surface area contributed by atoms with Gasteiger partial charge in [-0.2, -0.15) is 11.8 Å². The predicted octanol–water partition coefficient (Wildman–Crippen LogP) is 2.53. The van der Waals surface area contributed by atoms with Crippen LogP contribution in [0.25, 0.3) is 0 Å². The van der Waals surface area contributed by atoms with E-state index in [2.05, 4.69) is 0 Å². The maximum atomic E-state index is 13.5. The molecule has 1 aromatic rings. The third kappa shape index (κ3) is 4.84. The molecular weight excluding hydrogens is 265 g/mol. The molecular formula is C14H20FNO2S. The zero-order valence-electron chi connectivity index (χ0n) is 11.5. The lowest BCUT2D eigenvalue weighted by molar-refractivity contribution is 0.0769. The minimum Gasteiger partial charge on any atom is -0.393 e. The van der Waals surface area contributed by atoms with Gasteiger partial charge in [0, 0.05) is 24.9 Å². The molecule has 1 N–H and O–H groups in total. The number of thioether (sulfide) groups is 1. The molecule has 1 aromatic carbocycles. The molecule has 1 amide bonds. The molecule has 0 aliphatic heterocycles. The molecule has 0 fully saturated rings. The molecule has 0 saturated heterocycles. The maximum absolute atomic E-state index is 13.5. The number of aliphatic hydroxyl groups excluding tert-OH is 1. The Kier molecular flexibility index (Phi) is 6.31. The molecule has 1 unspecified atom stereocenters. The number of carbonyl (C=O) groups is 1. The fraction of sp³-hybridized carbons (Fsp3) is 0.500. The molecule has 0 aromatic heterocycles. The van der Waals surface area contributed by atoms with Gasteiger partial charge in [-0.1, -0.05) is 0 Å². The van der Waals surface area contributed by atoms with Crippen LogP contribution in [-0.4, -0.2) is 41.9 Å². The van der Waals surface area contributed by atoms with Gasteiger partial charge in [-0.3, -0.25) is 4.79 Å². The molecule has 5 heteroatoms. The van der Waals surface area contributed by atoms with Gasteiger partial charge in [0.15, 0.2) is 0 Å². The average molecular weight is 285 g/mol. The third-order valence-electron chi connectivity index (χ3n) is 2.82. The van der Waals surface area contributed by atoms with Crippen LogP contribution in [-0.2, 0) is 5.75 Å². The number of halogens is 1. The van der Waals surface area contributed by atoms with Crippen molar-refractivity contribution in [2.75, 3.05) is 19.8 Å². The van der Waals surface area contributed by atoms with E-state index in [0.29, 0.717) is 29.8 Å². The van der Waals surface area contributed by atoms with E-state index in [1.165, 1.54) is 23.9 Å². The number of amides is 1. The van der Waals surface area contributed by atoms with Crippen LogP contribution < -0.4 is 0 Å². The van der Waals surface area contributed by atoms with Gasteiger partial charge in [-0.05, 0) is 43.4 Å². The van der Waals surface area contributed by atoms with Crippen LogP contribution in [0, 0.1) is 5.82 Å². The monoisotopic (exact) mass is 285 g/mol. The van der Waals surface area contributed by atoms with Crippen molar-refractivity contribution in [2.24, 2.45) is 0 Å². The molecule has 106 valence electrons. The van der Waals surface area contributed by atoms with Crippen molar-refractivity contribution in [1.82, 2.24) is 4.90 Å². The van der Waals surface area contributed by atoms with E-state index in [9.17, 15) is 14.3 Å². The van der Waals surface area contributed by atoms with E-state index in [0.717, 1.165) is 0 Å². The molecule has 0 saturated carbocycles. The summed E-state index contributed by atoms with van der Waals surface area (Å²) in [5.41, 5.74) is 1.03. The van der Waals surface area contributed by atoms with Crippen LogP contribution in [0.15, 0.2) is 18.2 Å². The van der Waals surface area contributed by atoms with Gasteiger partial charge in [0.1, 0.15) is 5.82 Å². The van der Waals surface area contributed by atoms with Crippen LogP contribution in [0.1, 0.15) is 29.3 Å². The number of hydrogen-bond donors (Lipinski definition) is 1. The van der Waals surface area contributed by atoms with Crippen LogP contribution in [0.2, 0.25) is 0 Å². The maximum Gasteiger partial charge on any atom is 0.253 e. The van der Waals surface area contributed by atoms with Crippen molar-refractivity contribution < 1.29 is 14.3 Å². The second-order valence-corrected chi connectivity index (χ2v) is 5.47. The van der Waals surface area contributed by atoms with Crippen molar-refractivity contribution in [2.45, 2.75) is 25.2 Å². The summed E-state index contributed by atoms with van der Waals surface area (Å²) >= 11 is 1.51. The molecule has 0 spiro atoms. The van der Waals surface area contributed by atoms with Gasteiger partial charge in [0.2, 0.25) is 0 Å². The molecule has 0 bridgehead atoms. The van der Waals surface area contributed by atoms with Crippen molar-refractivity contribution in [3.05, 3.63) is 35.1 Å². The van der Waals surface area contributed by atoms with Crippen LogP contribution in [0.3, 0.4) is 0 Å². The SMILES string of the molecule is CSCc1cc(C(=O)N(C)CCC(C)O)ccc1F. The van der Waals surface area contributed by atoms with Crippen molar-refractivity contribution in [3.63, 3.8) is 0 Å². The fourth-order valence-electron chi connectivity index (χ4n) is 1.68. The Balaban J connectivity index is 2.78. The van der Waals surface area contributed by atoms with Gasteiger partial charge in [-0.15, -0.1) is 0 Å². The van der Waals surface area contributed by atoms with E-state index in [1.54, 1.807) is 24.9 Å². The lowest BCUT2D eigenvalue weighted by Crippen LogP contribution is -2.29. The number of rotatable bonds is 6. The normalized spacial score (nSPS) is 12.3. The van der Waals surface area contributed by atoms with E-state index >= 15 is 0 Å². The first-order valence-electron chi connectivity index (χ1n) is 6.16. The molecule has 0 aliphatic carbocycles. The number of nitrogens with zero attached hydrogens (tertiary/aromatic N) is 1. The lowest BCUT2D eigenvalue weighted by Gasteiger charge is -2.18. The van der Waals surface area contributed by atoms with E-state index < -0.39 is 6.10 Å². The average Bonchev–Trinajstić information content (AvgIpc) is 2.38. The minimum absolute atomic E-state index is 0.150. The highest BCUT2D eigenvalue weighted by Crippen LogP contribution is 2.17. The fourth-order valence-corrected chi connectivity index (χ4v) is 2.21. The first-order chi connectivity index (χ1) is 8.95. The van der Waals surface area contributed by atoms with E-state index in [1.807, 2.05) is 6.26 Å². The summed E-state index contributed by atoms with van der Waals surface area (Å²) in [6, 6.07) is 4.44. The summed E-state index contributed by atoms with van der Waals surface area (Å²) in [5, 5.41) is 9.21. The Hall–Kier alpha value is -1.07. The van der Waals surface area contributed by atoms with E-state index in [4.69, 9.17) is 0 Å². The molecule has 0 heterocycles. The number of hydrogen-bond acceptors (Lipinski definition) is 3. The Morgan fingerprint density at radius 2 is 2.21 bits per heavy atom. The van der Waals surface area contributed by atoms with Crippen molar-refractivity contribution in [3.8, 4) is 0 Å². The van der Waals surface area contributed by atoms with Crippen LogP contribution in [0.5, 0.6) is 0 Å². The third-order valence-corrected chi connectivity index (χ3v) is 3.42. The number of carbonyl (C=O) groups excluding carboxylic acids is 1. The minimum atomic E-state index is -0.435. The van der Waals surface area contributed by atoms with Gasteiger partial charge in [-0.25, -0.2) is 4.39 Å². The Morgan fingerprint density at radius 1 is 1.53 bits per heavy atom. The molecule has 0 radical (unpaired) electrons. The summed E-state index contributed by atoms with van der Waals surface area (Å²) in [5.74, 6) is 0.116. The summed E-state index contributed by atoms with van der Waals surface area (Å²) in [7, 11) is 1.68. The molecule has 1 rings (SSSR count). The molecule has 0 aliphatic rings. The first kappa shape index (κ1) is 16.0. The standard InChI is InChI=1S/C14H20FNO2S/c1-10(17)6-7-16(2)14(18)11-4-5-13(15)12(8-11)9-19-3/h4-5,8,10,17H,6-7,9H2,1-3H3. The second kappa shape index (κ2) is 7.50. The lowest BCUT2D eigenvalue weighted by atomic mass is 10.1. The highest BCUT2D eigenvalue weighted by atomic mass is 32.2. The first-order valence-corrected chi connectivity index (χ1v) is 7.56. The molecule has 19 heavy (non-hydrogen) atoms. The highest BCUT2D eigenvalue weighted by molar-refractivity contribution is 7.97. The quantitative estimate of drug-likeness (QED) is 0.873. The van der Waals surface area contributed by atoms with Crippen molar-refractivity contribution in [1.29, 1.82) is 0 Å². The predicted molar refractivity (Wildman–Crippen MR) is 76.9 cm³/mol. The van der Waals surface area contributed by atoms with Gasteiger partial charge >= 0.3 is 0 Å². The highest BCUT2D eigenvalue weighted by Gasteiger charge is 2.14. The smallest absolute Gasteiger partial charge is 0.253 e. The zero-order valence-corrected chi connectivity index (χ0v) is 12.3. The summed E-state index contributed by atoms with van der Waals surface area (Å²) < 4.78 is 13.5. The topological polar surface area (TPSA) is 40.5 Å². The Labute approximate surface area is 117 Å². The van der Waals surface area contributed by atoms with Gasteiger partial charge in [0.05, 0.1) is 6.10 Å². The van der Waals surface area contributed by atoms with Crippen molar-refractivity contribution >= 4 is 17.7 Å². The van der Waals surface area contributed by atoms with E-state index in [-0.39, 0.29) is 11.7 Å². The zero-order chi connectivity index (χ0) is 14.4. The van der Waals surface area contributed by atoms with Gasteiger partial charge in [0.25, 0.3) is 5.91 Å². The Bertz CT molecular complexity index is 437. The number of aliphatic hydroxyl groups is 1. The van der Waals surface area contributed by atoms with Crippen LogP contribution >= 0.6 is 11.8 Å². The molecule has 3 nitrogen and oxygen atoms in total. The largest absolute Gasteiger partial charge is 0.393 e. The summed E-state index contributed by atoms with van der Waals surface area (Å²) in [6.45, 7) is 2.17. The van der Waals surface area contributed by atoms with Gasteiger partial charge < -0.3 is 10.0 Å². The van der Waals surface area contributed by atoms with Crippen LogP contribution in [0.4, 0.5) is 4.39 Å². The second-order valence-electron chi connectivity index (χ2n) is 4.60. The Morgan fingerprint density at radius 3 is 2.79 bits per heavy atom.